The maximum absolute atomic E-state index is 13.1. The molecule has 0 atom stereocenters. The van der Waals surface area contributed by atoms with Crippen LogP contribution < -0.4 is 0 Å². The largest absolute Gasteiger partial charge is 0.391 e. The zero-order valence-corrected chi connectivity index (χ0v) is 14.0. The zero-order chi connectivity index (χ0) is 17.8. The Hall–Kier alpha value is -2.95. The third-order valence-corrected chi connectivity index (χ3v) is 3.94. The van der Waals surface area contributed by atoms with E-state index in [9.17, 15) is 8.78 Å². The highest BCUT2D eigenvalue weighted by Crippen LogP contribution is 2.20. The lowest BCUT2D eigenvalue weighted by Gasteiger charge is -2.09. The average molecular weight is 340 g/mol. The molecule has 3 nitrogen and oxygen atoms in total. The van der Waals surface area contributed by atoms with Crippen LogP contribution in [0.2, 0.25) is 0 Å². The molecule has 0 radical (unpaired) electrons. The maximum Gasteiger partial charge on any atom is 0.142 e. The molecule has 0 amide bonds. The van der Waals surface area contributed by atoms with Gasteiger partial charge in [0.05, 0.1) is 6.21 Å². The monoisotopic (exact) mass is 340 g/mol. The number of hydrogen-bond acceptors (Lipinski definition) is 2. The van der Waals surface area contributed by atoms with Crippen molar-refractivity contribution in [2.24, 2.45) is 5.16 Å². The van der Waals surface area contributed by atoms with Gasteiger partial charge in [-0.1, -0.05) is 17.3 Å². The van der Waals surface area contributed by atoms with Crippen LogP contribution in [-0.2, 0) is 11.4 Å². The first-order chi connectivity index (χ1) is 12.0. The number of aromatic nitrogens is 1. The van der Waals surface area contributed by atoms with Gasteiger partial charge < -0.3 is 9.40 Å². The van der Waals surface area contributed by atoms with Gasteiger partial charge in [0.1, 0.15) is 18.2 Å². The van der Waals surface area contributed by atoms with E-state index in [-0.39, 0.29) is 18.2 Å². The van der Waals surface area contributed by atoms with E-state index < -0.39 is 0 Å². The van der Waals surface area contributed by atoms with Gasteiger partial charge in [0.2, 0.25) is 0 Å². The Labute approximate surface area is 145 Å². The third kappa shape index (κ3) is 3.94. The Bertz CT molecular complexity index is 899. The molecule has 1 heterocycles. The summed E-state index contributed by atoms with van der Waals surface area (Å²) in [5, 5.41) is 3.97. The molecule has 0 bridgehead atoms. The number of hydrogen-bond donors (Lipinski definition) is 0. The number of nitrogens with zero attached hydrogens (tertiary/aromatic N) is 2. The van der Waals surface area contributed by atoms with Gasteiger partial charge in [-0.25, -0.2) is 8.78 Å². The van der Waals surface area contributed by atoms with Crippen LogP contribution in [0, 0.1) is 25.5 Å². The molecule has 0 unspecified atom stereocenters. The molecule has 3 aromatic rings. The molecule has 1 aromatic heterocycles. The first-order valence-electron chi connectivity index (χ1n) is 7.89. The van der Waals surface area contributed by atoms with Crippen LogP contribution in [0.3, 0.4) is 0 Å². The minimum atomic E-state index is -0.298. The molecule has 0 fully saturated rings. The van der Waals surface area contributed by atoms with E-state index in [1.165, 1.54) is 24.3 Å². The third-order valence-electron chi connectivity index (χ3n) is 3.94. The summed E-state index contributed by atoms with van der Waals surface area (Å²) >= 11 is 0. The van der Waals surface area contributed by atoms with Gasteiger partial charge in [-0.15, -0.1) is 0 Å². The van der Waals surface area contributed by atoms with Crippen molar-refractivity contribution in [1.82, 2.24) is 4.57 Å². The standard InChI is InChI=1S/C20H18F2N2O/c1-14-10-17(12-23-25-13-16-4-3-5-19(22)11-16)15(2)24(14)20-8-6-18(21)7-9-20/h3-12H,13H2,1-2H3/b23-12+. The first kappa shape index (κ1) is 16.9. The molecule has 0 aliphatic heterocycles. The van der Waals surface area contributed by atoms with Crippen molar-refractivity contribution < 1.29 is 13.6 Å². The lowest BCUT2D eigenvalue weighted by molar-refractivity contribution is 0.132. The molecule has 0 aliphatic rings. The number of aryl methyl sites for hydroxylation is 1. The van der Waals surface area contributed by atoms with E-state index >= 15 is 0 Å². The molecular formula is C20H18F2N2O. The molecule has 0 aliphatic carbocycles. The summed E-state index contributed by atoms with van der Waals surface area (Å²) in [6.45, 7) is 4.14. The van der Waals surface area contributed by atoms with E-state index in [4.69, 9.17) is 4.84 Å². The second-order valence-corrected chi connectivity index (χ2v) is 5.78. The number of benzene rings is 2. The number of rotatable bonds is 5. The molecule has 0 saturated heterocycles. The van der Waals surface area contributed by atoms with Crippen molar-refractivity contribution in [2.75, 3.05) is 0 Å². The summed E-state index contributed by atoms with van der Waals surface area (Å²) in [5.41, 5.74) is 4.49. The van der Waals surface area contributed by atoms with Gasteiger partial charge in [-0.2, -0.15) is 0 Å². The van der Waals surface area contributed by atoms with Crippen molar-refractivity contribution in [3.05, 3.63) is 88.7 Å². The lowest BCUT2D eigenvalue weighted by Crippen LogP contribution is -1.99. The van der Waals surface area contributed by atoms with Gasteiger partial charge >= 0.3 is 0 Å². The number of halogens is 2. The molecule has 128 valence electrons. The topological polar surface area (TPSA) is 26.5 Å². The fourth-order valence-electron chi connectivity index (χ4n) is 2.74. The van der Waals surface area contributed by atoms with E-state index in [1.807, 2.05) is 24.5 Å². The highest BCUT2D eigenvalue weighted by Gasteiger charge is 2.09. The molecule has 0 saturated carbocycles. The highest BCUT2D eigenvalue weighted by molar-refractivity contribution is 5.81. The van der Waals surface area contributed by atoms with Crippen molar-refractivity contribution in [1.29, 1.82) is 0 Å². The van der Waals surface area contributed by atoms with Gasteiger partial charge in [-0.3, -0.25) is 0 Å². The van der Waals surface area contributed by atoms with Crippen LogP contribution in [0.5, 0.6) is 0 Å². The SMILES string of the molecule is Cc1cc(/C=N/OCc2cccc(F)c2)c(C)n1-c1ccc(F)cc1. The molecular weight excluding hydrogens is 322 g/mol. The smallest absolute Gasteiger partial charge is 0.142 e. The van der Waals surface area contributed by atoms with Crippen LogP contribution in [0.1, 0.15) is 22.5 Å². The fourth-order valence-corrected chi connectivity index (χ4v) is 2.74. The molecule has 0 spiro atoms. The Morgan fingerprint density at radius 2 is 1.76 bits per heavy atom. The maximum atomic E-state index is 13.1. The van der Waals surface area contributed by atoms with Crippen LogP contribution in [0.15, 0.2) is 59.8 Å². The summed E-state index contributed by atoms with van der Waals surface area (Å²) in [5.74, 6) is -0.563. The lowest BCUT2D eigenvalue weighted by atomic mass is 10.2. The second kappa shape index (κ2) is 7.30. The predicted molar refractivity (Wildman–Crippen MR) is 94.0 cm³/mol. The quantitative estimate of drug-likeness (QED) is 0.478. The zero-order valence-electron chi connectivity index (χ0n) is 14.0. The van der Waals surface area contributed by atoms with E-state index in [0.29, 0.717) is 5.56 Å². The minimum absolute atomic E-state index is 0.199. The Balaban J connectivity index is 1.73. The Kier molecular flexibility index (Phi) is 4.93. The van der Waals surface area contributed by atoms with Crippen LogP contribution in [0.25, 0.3) is 5.69 Å². The second-order valence-electron chi connectivity index (χ2n) is 5.78. The van der Waals surface area contributed by atoms with Crippen molar-refractivity contribution in [3.8, 4) is 5.69 Å². The normalized spacial score (nSPS) is 11.2. The first-order valence-corrected chi connectivity index (χ1v) is 7.89. The van der Waals surface area contributed by atoms with E-state index in [0.717, 1.165) is 22.6 Å². The summed E-state index contributed by atoms with van der Waals surface area (Å²) in [6, 6.07) is 14.5. The Morgan fingerprint density at radius 1 is 1.00 bits per heavy atom. The summed E-state index contributed by atoms with van der Waals surface area (Å²) in [4.78, 5) is 5.25. The van der Waals surface area contributed by atoms with Crippen molar-refractivity contribution >= 4 is 6.21 Å². The van der Waals surface area contributed by atoms with Gasteiger partial charge in [-0.05, 0) is 61.9 Å². The van der Waals surface area contributed by atoms with Gasteiger partial charge in [0.15, 0.2) is 0 Å². The fraction of sp³-hybridized carbons (Fsp3) is 0.150. The molecule has 0 N–H and O–H groups in total. The molecule has 25 heavy (non-hydrogen) atoms. The van der Waals surface area contributed by atoms with Crippen LogP contribution in [-0.4, -0.2) is 10.8 Å². The number of oxime groups is 1. The van der Waals surface area contributed by atoms with Crippen molar-refractivity contribution in [2.45, 2.75) is 20.5 Å². The van der Waals surface area contributed by atoms with Gasteiger partial charge in [0.25, 0.3) is 0 Å². The molecule has 3 rings (SSSR count). The Morgan fingerprint density at radius 3 is 2.48 bits per heavy atom. The summed E-state index contributed by atoms with van der Waals surface area (Å²) in [6.07, 6.45) is 1.63. The summed E-state index contributed by atoms with van der Waals surface area (Å²) in [7, 11) is 0. The minimum Gasteiger partial charge on any atom is -0.391 e. The van der Waals surface area contributed by atoms with E-state index in [2.05, 4.69) is 5.16 Å². The highest BCUT2D eigenvalue weighted by atomic mass is 19.1. The average Bonchev–Trinajstić information content (AvgIpc) is 2.87. The van der Waals surface area contributed by atoms with Crippen LogP contribution in [0.4, 0.5) is 8.78 Å². The predicted octanol–water partition coefficient (Wildman–Crippen LogP) is 4.92. The van der Waals surface area contributed by atoms with Crippen LogP contribution >= 0.6 is 0 Å². The molecule has 5 heteroatoms. The van der Waals surface area contributed by atoms with Crippen molar-refractivity contribution in [3.63, 3.8) is 0 Å². The summed E-state index contributed by atoms with van der Waals surface area (Å²) < 4.78 is 28.2. The van der Waals surface area contributed by atoms with E-state index in [1.54, 1.807) is 30.5 Å². The molecule has 2 aromatic carbocycles. The van der Waals surface area contributed by atoms with Gasteiger partial charge in [0, 0.05) is 22.6 Å².